The van der Waals surface area contributed by atoms with Crippen LogP contribution in [-0.4, -0.2) is 21.0 Å². The Balaban J connectivity index is 2.40. The lowest BCUT2D eigenvalue weighted by Crippen LogP contribution is -2.43. The Morgan fingerprint density at radius 3 is 2.76 bits per heavy atom. The number of hydrogen-bond donors (Lipinski definition) is 2. The largest absolute Gasteiger partial charge is 0.397 e. The van der Waals surface area contributed by atoms with Crippen molar-refractivity contribution < 1.29 is 8.42 Å². The van der Waals surface area contributed by atoms with E-state index in [1.165, 1.54) is 4.31 Å². The average molecular weight is 255 g/mol. The van der Waals surface area contributed by atoms with Crippen molar-refractivity contribution in [2.75, 3.05) is 16.6 Å². The molecule has 1 aromatic carbocycles. The Morgan fingerprint density at radius 1 is 1.41 bits per heavy atom. The van der Waals surface area contributed by atoms with Gasteiger partial charge in [0.2, 0.25) is 0 Å². The smallest absolute Gasteiger partial charge is 0.301 e. The van der Waals surface area contributed by atoms with E-state index in [2.05, 4.69) is 4.72 Å². The molecule has 0 fully saturated rings. The summed E-state index contributed by atoms with van der Waals surface area (Å²) >= 11 is 0. The molecule has 1 aliphatic rings. The molecule has 0 aliphatic carbocycles. The van der Waals surface area contributed by atoms with Gasteiger partial charge in [0.05, 0.1) is 11.4 Å². The zero-order valence-electron chi connectivity index (χ0n) is 9.97. The predicted molar refractivity (Wildman–Crippen MR) is 69.1 cm³/mol. The van der Waals surface area contributed by atoms with Crippen LogP contribution < -0.4 is 14.8 Å². The highest BCUT2D eigenvalue weighted by molar-refractivity contribution is 7.90. The van der Waals surface area contributed by atoms with Gasteiger partial charge in [-0.25, -0.2) is 0 Å². The molecule has 0 unspecified atom stereocenters. The van der Waals surface area contributed by atoms with Crippen molar-refractivity contribution in [1.82, 2.24) is 4.72 Å². The quantitative estimate of drug-likeness (QED) is 0.787. The molecule has 1 heterocycles. The Morgan fingerprint density at radius 2 is 2.12 bits per heavy atom. The highest BCUT2D eigenvalue weighted by Crippen LogP contribution is 2.35. The minimum atomic E-state index is -3.49. The summed E-state index contributed by atoms with van der Waals surface area (Å²) in [4.78, 5) is 0. The topological polar surface area (TPSA) is 75.4 Å². The Hall–Kier alpha value is -1.27. The van der Waals surface area contributed by atoms with Crippen molar-refractivity contribution in [2.24, 2.45) is 0 Å². The molecule has 94 valence electrons. The number of nitrogens with two attached hydrogens (primary N) is 1. The predicted octanol–water partition coefficient (Wildman–Crippen LogP) is 0.874. The van der Waals surface area contributed by atoms with Crippen LogP contribution in [0.25, 0.3) is 0 Å². The fourth-order valence-corrected chi connectivity index (χ4v) is 3.57. The van der Waals surface area contributed by atoms with Crippen LogP contribution in [0.3, 0.4) is 0 Å². The molecule has 0 bridgehead atoms. The summed E-state index contributed by atoms with van der Waals surface area (Å²) in [6, 6.07) is 5.35. The maximum atomic E-state index is 12.1. The van der Waals surface area contributed by atoms with E-state index in [4.69, 9.17) is 5.73 Å². The Labute approximate surface area is 102 Å². The van der Waals surface area contributed by atoms with E-state index >= 15 is 0 Å². The van der Waals surface area contributed by atoms with Crippen molar-refractivity contribution in [3.05, 3.63) is 23.8 Å². The zero-order valence-corrected chi connectivity index (χ0v) is 10.8. The van der Waals surface area contributed by atoms with Gasteiger partial charge in [0.15, 0.2) is 0 Å². The molecule has 2 rings (SSSR count). The number of hydrogen-bond acceptors (Lipinski definition) is 3. The summed E-state index contributed by atoms with van der Waals surface area (Å²) in [5.74, 6) is 0. The summed E-state index contributed by atoms with van der Waals surface area (Å²) in [5.41, 5.74) is 7.98. The fraction of sp³-hybridized carbons (Fsp3) is 0.455. The van der Waals surface area contributed by atoms with Gasteiger partial charge >= 0.3 is 10.2 Å². The van der Waals surface area contributed by atoms with Gasteiger partial charge in [-0.15, -0.1) is 0 Å². The van der Waals surface area contributed by atoms with E-state index in [1.54, 1.807) is 19.9 Å². The van der Waals surface area contributed by atoms with Gasteiger partial charge in [-0.3, -0.25) is 4.31 Å². The van der Waals surface area contributed by atoms with Gasteiger partial charge in [0, 0.05) is 12.6 Å². The number of benzene rings is 1. The summed E-state index contributed by atoms with van der Waals surface area (Å²) in [6.07, 6.45) is 0.708. The van der Waals surface area contributed by atoms with Gasteiger partial charge in [-0.05, 0) is 31.9 Å². The third kappa shape index (κ3) is 2.23. The van der Waals surface area contributed by atoms with Crippen LogP contribution in [0.4, 0.5) is 11.4 Å². The molecule has 0 aromatic heterocycles. The van der Waals surface area contributed by atoms with Crippen LogP contribution in [0.5, 0.6) is 0 Å². The molecule has 1 aliphatic heterocycles. The second-order valence-corrected chi connectivity index (χ2v) is 6.08. The highest BCUT2D eigenvalue weighted by atomic mass is 32.2. The van der Waals surface area contributed by atoms with Crippen molar-refractivity contribution in [1.29, 1.82) is 0 Å². The maximum Gasteiger partial charge on any atom is 0.301 e. The van der Waals surface area contributed by atoms with E-state index < -0.39 is 10.2 Å². The zero-order chi connectivity index (χ0) is 12.6. The van der Waals surface area contributed by atoms with Crippen LogP contribution in [0.15, 0.2) is 18.2 Å². The first kappa shape index (κ1) is 12.2. The van der Waals surface area contributed by atoms with Crippen LogP contribution in [0.1, 0.15) is 19.4 Å². The maximum absolute atomic E-state index is 12.1. The van der Waals surface area contributed by atoms with Crippen LogP contribution in [0.2, 0.25) is 0 Å². The Kier molecular flexibility index (Phi) is 3.01. The van der Waals surface area contributed by atoms with E-state index in [1.807, 2.05) is 12.1 Å². The molecule has 0 radical (unpaired) electrons. The lowest BCUT2D eigenvalue weighted by Gasteiger charge is -2.22. The number of nitrogens with one attached hydrogen (secondary N) is 1. The molecule has 5 nitrogen and oxygen atoms in total. The summed E-state index contributed by atoms with van der Waals surface area (Å²) in [6.45, 7) is 4.04. The SMILES string of the molecule is CC(C)NS(=O)(=O)N1CCc2cccc(N)c21. The average Bonchev–Trinajstić information content (AvgIpc) is 2.61. The molecule has 0 amide bonds. The van der Waals surface area contributed by atoms with Crippen LogP contribution in [0, 0.1) is 0 Å². The standard InChI is InChI=1S/C11H17N3O2S/c1-8(2)13-17(15,16)14-7-6-9-4-3-5-10(12)11(9)14/h3-5,8,13H,6-7,12H2,1-2H3. The van der Waals surface area contributed by atoms with Gasteiger partial charge < -0.3 is 5.73 Å². The van der Waals surface area contributed by atoms with Crippen LogP contribution >= 0.6 is 0 Å². The molecule has 3 N–H and O–H groups in total. The second-order valence-electron chi connectivity index (χ2n) is 4.45. The minimum absolute atomic E-state index is 0.131. The second kappa shape index (κ2) is 4.19. The minimum Gasteiger partial charge on any atom is -0.397 e. The number of nitrogen functional groups attached to an aromatic ring is 1. The molecule has 6 heteroatoms. The molecular weight excluding hydrogens is 238 g/mol. The highest BCUT2D eigenvalue weighted by Gasteiger charge is 2.31. The first-order valence-electron chi connectivity index (χ1n) is 5.59. The fourth-order valence-electron chi connectivity index (χ4n) is 2.05. The third-order valence-corrected chi connectivity index (χ3v) is 4.37. The molecule has 1 aromatic rings. The van der Waals surface area contributed by atoms with Crippen molar-refractivity contribution in [3.63, 3.8) is 0 Å². The molecular formula is C11H17N3O2S. The molecule has 0 atom stereocenters. The van der Waals surface area contributed by atoms with Crippen molar-refractivity contribution in [3.8, 4) is 0 Å². The molecule has 0 saturated carbocycles. The number of fused-ring (bicyclic) bond motifs is 1. The first-order valence-corrected chi connectivity index (χ1v) is 7.03. The summed E-state index contributed by atoms with van der Waals surface area (Å²) < 4.78 is 28.2. The van der Waals surface area contributed by atoms with Gasteiger partial charge in [0.1, 0.15) is 0 Å². The molecule has 17 heavy (non-hydrogen) atoms. The number of anilines is 2. The lowest BCUT2D eigenvalue weighted by molar-refractivity contribution is 0.566. The number of rotatable bonds is 3. The van der Waals surface area contributed by atoms with Crippen molar-refractivity contribution >= 4 is 21.6 Å². The van der Waals surface area contributed by atoms with Crippen molar-refractivity contribution in [2.45, 2.75) is 26.3 Å². The van der Waals surface area contributed by atoms with Gasteiger partial charge in [0.25, 0.3) is 0 Å². The summed E-state index contributed by atoms with van der Waals surface area (Å²) in [7, 11) is -3.49. The molecule has 0 spiro atoms. The van der Waals surface area contributed by atoms with Gasteiger partial charge in [-0.1, -0.05) is 12.1 Å². The van der Waals surface area contributed by atoms with E-state index in [-0.39, 0.29) is 6.04 Å². The number of para-hydroxylation sites is 1. The van der Waals surface area contributed by atoms with E-state index in [0.29, 0.717) is 24.3 Å². The van der Waals surface area contributed by atoms with E-state index in [9.17, 15) is 8.42 Å². The van der Waals surface area contributed by atoms with Crippen LogP contribution in [-0.2, 0) is 16.6 Å². The Bertz CT molecular complexity index is 526. The molecule has 0 saturated heterocycles. The number of nitrogens with zero attached hydrogens (tertiary/aromatic N) is 1. The normalized spacial score (nSPS) is 15.4. The monoisotopic (exact) mass is 255 g/mol. The van der Waals surface area contributed by atoms with Gasteiger partial charge in [-0.2, -0.15) is 13.1 Å². The third-order valence-electron chi connectivity index (χ3n) is 2.66. The van der Waals surface area contributed by atoms with E-state index in [0.717, 1.165) is 5.56 Å². The first-order chi connectivity index (χ1) is 7.92. The summed E-state index contributed by atoms with van der Waals surface area (Å²) in [5, 5.41) is 0. The lowest BCUT2D eigenvalue weighted by atomic mass is 10.1.